The fraction of sp³-hybridized carbons (Fsp3) is 0.643. The number of aryl methyl sites for hydroxylation is 1. The third-order valence-electron chi connectivity index (χ3n) is 3.88. The summed E-state index contributed by atoms with van der Waals surface area (Å²) in [6, 6.07) is -0.357. The van der Waals surface area contributed by atoms with Crippen LogP contribution in [0, 0.1) is 6.92 Å². The topological polar surface area (TPSA) is 82.5 Å². The Hall–Kier alpha value is -1.63. The van der Waals surface area contributed by atoms with Crippen LogP contribution in [0.3, 0.4) is 0 Å². The summed E-state index contributed by atoms with van der Waals surface area (Å²) in [5.41, 5.74) is -0.287. The second-order valence-electron chi connectivity index (χ2n) is 5.59. The summed E-state index contributed by atoms with van der Waals surface area (Å²) in [5.74, 6) is -0.937. The van der Waals surface area contributed by atoms with Crippen LogP contribution in [0.2, 0.25) is 0 Å². The van der Waals surface area contributed by atoms with Crippen molar-refractivity contribution in [1.29, 1.82) is 0 Å². The van der Waals surface area contributed by atoms with Crippen molar-refractivity contribution < 1.29 is 14.7 Å². The van der Waals surface area contributed by atoms with E-state index in [-0.39, 0.29) is 6.03 Å². The Morgan fingerprint density at radius 2 is 2.10 bits per heavy atom. The minimum Gasteiger partial charge on any atom is -0.480 e. The number of aromatic nitrogens is 1. The molecule has 1 saturated carbocycles. The SMILES string of the molecule is Cc1nc(CN(C)C(=O)NC2(C(=O)O)CCCCC2)cs1. The summed E-state index contributed by atoms with van der Waals surface area (Å²) in [4.78, 5) is 29.6. The molecule has 0 aromatic carbocycles. The van der Waals surface area contributed by atoms with Crippen LogP contribution in [-0.2, 0) is 11.3 Å². The zero-order valence-corrected chi connectivity index (χ0v) is 13.2. The lowest BCUT2D eigenvalue weighted by Crippen LogP contribution is -2.58. The minimum absolute atomic E-state index is 0.357. The maximum atomic E-state index is 12.3. The molecule has 7 heteroatoms. The molecule has 1 aliphatic rings. The Morgan fingerprint density at radius 3 is 2.62 bits per heavy atom. The van der Waals surface area contributed by atoms with E-state index in [0.717, 1.165) is 30.0 Å². The number of carbonyl (C=O) groups excluding carboxylic acids is 1. The Morgan fingerprint density at radius 1 is 1.43 bits per heavy atom. The predicted octanol–water partition coefficient (Wildman–Crippen LogP) is 2.38. The van der Waals surface area contributed by atoms with Gasteiger partial charge in [-0.1, -0.05) is 19.3 Å². The summed E-state index contributed by atoms with van der Waals surface area (Å²) in [5, 5.41) is 15.1. The zero-order chi connectivity index (χ0) is 15.5. The first-order valence-corrected chi connectivity index (χ1v) is 7.98. The van der Waals surface area contributed by atoms with Gasteiger partial charge in [0, 0.05) is 12.4 Å². The van der Waals surface area contributed by atoms with Gasteiger partial charge in [0.1, 0.15) is 5.54 Å². The van der Waals surface area contributed by atoms with Gasteiger partial charge in [0.2, 0.25) is 0 Å². The van der Waals surface area contributed by atoms with Crippen LogP contribution in [0.1, 0.15) is 42.8 Å². The summed E-state index contributed by atoms with van der Waals surface area (Å²) in [6.45, 7) is 2.29. The van der Waals surface area contributed by atoms with Crippen LogP contribution in [0.25, 0.3) is 0 Å². The minimum atomic E-state index is -1.11. The fourth-order valence-corrected chi connectivity index (χ4v) is 3.25. The highest BCUT2D eigenvalue weighted by molar-refractivity contribution is 7.09. The molecular formula is C14H21N3O3S. The molecule has 2 N–H and O–H groups in total. The van der Waals surface area contributed by atoms with Gasteiger partial charge in [-0.2, -0.15) is 0 Å². The molecule has 0 aliphatic heterocycles. The lowest BCUT2D eigenvalue weighted by Gasteiger charge is -2.35. The van der Waals surface area contributed by atoms with Crippen molar-refractivity contribution in [2.75, 3.05) is 7.05 Å². The number of aliphatic carboxylic acids is 1. The number of carboxylic acids is 1. The van der Waals surface area contributed by atoms with E-state index in [4.69, 9.17) is 0 Å². The van der Waals surface area contributed by atoms with Gasteiger partial charge < -0.3 is 15.3 Å². The van der Waals surface area contributed by atoms with Crippen molar-refractivity contribution >= 4 is 23.3 Å². The molecule has 6 nitrogen and oxygen atoms in total. The van der Waals surface area contributed by atoms with Crippen LogP contribution >= 0.6 is 11.3 Å². The molecule has 0 radical (unpaired) electrons. The van der Waals surface area contributed by atoms with Crippen molar-refractivity contribution in [2.24, 2.45) is 0 Å². The Balaban J connectivity index is 1.99. The van der Waals surface area contributed by atoms with Crippen LogP contribution in [-0.4, -0.2) is 39.6 Å². The number of nitrogens with one attached hydrogen (secondary N) is 1. The summed E-state index contributed by atoms with van der Waals surface area (Å²) < 4.78 is 0. The number of nitrogens with zero attached hydrogens (tertiary/aromatic N) is 2. The zero-order valence-electron chi connectivity index (χ0n) is 12.4. The maximum Gasteiger partial charge on any atom is 0.329 e. The van der Waals surface area contributed by atoms with Crippen molar-refractivity contribution in [3.8, 4) is 0 Å². The average Bonchev–Trinajstić information content (AvgIpc) is 2.85. The number of hydrogen-bond donors (Lipinski definition) is 2. The second-order valence-corrected chi connectivity index (χ2v) is 6.65. The largest absolute Gasteiger partial charge is 0.480 e. The first-order chi connectivity index (χ1) is 9.93. The van der Waals surface area contributed by atoms with Crippen molar-refractivity contribution in [3.63, 3.8) is 0 Å². The molecule has 0 saturated heterocycles. The number of carboxylic acid groups (broad SMARTS) is 1. The standard InChI is InChI=1S/C14H21N3O3S/c1-10-15-11(9-21-10)8-17(2)13(20)16-14(12(18)19)6-4-3-5-7-14/h9H,3-8H2,1-2H3,(H,16,20)(H,18,19). The molecule has 1 fully saturated rings. The maximum absolute atomic E-state index is 12.3. The molecule has 0 atom stereocenters. The van der Waals surface area contributed by atoms with Crippen LogP contribution in [0.4, 0.5) is 4.79 Å². The number of rotatable bonds is 4. The van der Waals surface area contributed by atoms with Gasteiger partial charge in [-0.15, -0.1) is 11.3 Å². The Kier molecular flexibility index (Phi) is 4.82. The summed E-state index contributed by atoms with van der Waals surface area (Å²) in [6.07, 6.45) is 3.69. The highest BCUT2D eigenvalue weighted by atomic mass is 32.1. The monoisotopic (exact) mass is 311 g/mol. The van der Waals surface area contributed by atoms with E-state index in [1.807, 2.05) is 12.3 Å². The Labute approximate surface area is 128 Å². The summed E-state index contributed by atoms with van der Waals surface area (Å²) >= 11 is 1.53. The molecule has 1 aliphatic carbocycles. The highest BCUT2D eigenvalue weighted by Gasteiger charge is 2.41. The lowest BCUT2D eigenvalue weighted by atomic mass is 9.82. The van der Waals surface area contributed by atoms with Gasteiger partial charge >= 0.3 is 12.0 Å². The van der Waals surface area contributed by atoms with Gasteiger partial charge in [-0.05, 0) is 19.8 Å². The van der Waals surface area contributed by atoms with Gasteiger partial charge in [-0.25, -0.2) is 14.6 Å². The van der Waals surface area contributed by atoms with Crippen LogP contribution < -0.4 is 5.32 Å². The summed E-state index contributed by atoms with van der Waals surface area (Å²) in [7, 11) is 1.66. The van der Waals surface area contributed by atoms with Crippen molar-refractivity contribution in [3.05, 3.63) is 16.1 Å². The number of amides is 2. The smallest absolute Gasteiger partial charge is 0.329 e. The molecule has 2 amide bonds. The van der Waals surface area contributed by atoms with E-state index in [0.29, 0.717) is 19.4 Å². The molecule has 2 rings (SSSR count). The third-order valence-corrected chi connectivity index (χ3v) is 4.70. The molecule has 0 unspecified atom stereocenters. The first-order valence-electron chi connectivity index (χ1n) is 7.11. The molecular weight excluding hydrogens is 290 g/mol. The van der Waals surface area contributed by atoms with E-state index < -0.39 is 11.5 Å². The number of thiazole rings is 1. The van der Waals surface area contributed by atoms with E-state index in [9.17, 15) is 14.7 Å². The highest BCUT2D eigenvalue weighted by Crippen LogP contribution is 2.28. The predicted molar refractivity (Wildman–Crippen MR) is 80.3 cm³/mol. The average molecular weight is 311 g/mol. The molecule has 116 valence electrons. The van der Waals surface area contributed by atoms with Gasteiger partial charge in [0.05, 0.1) is 17.2 Å². The van der Waals surface area contributed by atoms with E-state index in [1.165, 1.54) is 16.2 Å². The first kappa shape index (κ1) is 15.8. The Bertz CT molecular complexity index is 523. The van der Waals surface area contributed by atoms with Crippen molar-refractivity contribution in [1.82, 2.24) is 15.2 Å². The molecule has 1 aromatic heterocycles. The van der Waals surface area contributed by atoms with Crippen molar-refractivity contribution in [2.45, 2.75) is 51.1 Å². The number of urea groups is 1. The molecule has 1 heterocycles. The quantitative estimate of drug-likeness (QED) is 0.894. The van der Waals surface area contributed by atoms with Crippen LogP contribution in [0.15, 0.2) is 5.38 Å². The third kappa shape index (κ3) is 3.72. The number of carbonyl (C=O) groups is 2. The van der Waals surface area contributed by atoms with Crippen LogP contribution in [0.5, 0.6) is 0 Å². The molecule has 1 aromatic rings. The lowest BCUT2D eigenvalue weighted by molar-refractivity contribution is -0.145. The van der Waals surface area contributed by atoms with Gasteiger partial charge in [0.15, 0.2) is 0 Å². The normalized spacial score (nSPS) is 17.2. The molecule has 21 heavy (non-hydrogen) atoms. The van der Waals surface area contributed by atoms with E-state index >= 15 is 0 Å². The molecule has 0 spiro atoms. The van der Waals surface area contributed by atoms with Gasteiger partial charge in [0.25, 0.3) is 0 Å². The van der Waals surface area contributed by atoms with E-state index in [1.54, 1.807) is 7.05 Å². The molecule has 0 bridgehead atoms. The number of hydrogen-bond acceptors (Lipinski definition) is 4. The second kappa shape index (κ2) is 6.43. The fourth-order valence-electron chi connectivity index (χ4n) is 2.64. The van der Waals surface area contributed by atoms with E-state index in [2.05, 4.69) is 10.3 Å². The van der Waals surface area contributed by atoms with Gasteiger partial charge in [-0.3, -0.25) is 0 Å².